The highest BCUT2D eigenvalue weighted by atomic mass is 35.5. The van der Waals surface area contributed by atoms with Gasteiger partial charge in [0.05, 0.1) is 21.9 Å². The average molecular weight is 353 g/mol. The Kier molecular flexibility index (Phi) is 4.42. The topological polar surface area (TPSA) is 87.0 Å². The maximum Gasteiger partial charge on any atom is 0.271 e. The molecule has 1 aromatic heterocycles. The third kappa shape index (κ3) is 3.62. The summed E-state index contributed by atoms with van der Waals surface area (Å²) in [5.41, 5.74) is 8.60. The molecule has 0 fully saturated rings. The van der Waals surface area contributed by atoms with Gasteiger partial charge in [-0.25, -0.2) is 0 Å². The van der Waals surface area contributed by atoms with Crippen LogP contribution in [0.5, 0.6) is 0 Å². The van der Waals surface area contributed by atoms with Crippen molar-refractivity contribution in [3.63, 3.8) is 0 Å². The molecule has 3 rings (SSSR count). The average Bonchev–Trinajstić information content (AvgIpc) is 3.01. The molecule has 124 valence electrons. The molecule has 0 radical (unpaired) electrons. The first-order valence-electron chi connectivity index (χ1n) is 7.29. The van der Waals surface area contributed by atoms with E-state index in [9.17, 15) is 10.1 Å². The number of nitro benzene ring substituents is 1. The van der Waals surface area contributed by atoms with Crippen molar-refractivity contribution in [3.8, 4) is 23.1 Å². The largest absolute Gasteiger partial charge is 0.397 e. The van der Waals surface area contributed by atoms with Crippen LogP contribution in [0, 0.1) is 22.0 Å². The molecular formula is C18H13ClN4O2. The number of halogens is 1. The smallest absolute Gasteiger partial charge is 0.271 e. The number of nitrogens with zero attached hydrogens (tertiary/aromatic N) is 3. The van der Waals surface area contributed by atoms with Crippen molar-refractivity contribution in [3.05, 3.63) is 74.9 Å². The van der Waals surface area contributed by atoms with Gasteiger partial charge in [-0.3, -0.25) is 14.8 Å². The Bertz CT molecular complexity index is 1010. The molecule has 6 nitrogen and oxygen atoms in total. The van der Waals surface area contributed by atoms with E-state index in [1.54, 1.807) is 48.3 Å². The summed E-state index contributed by atoms with van der Waals surface area (Å²) in [4.78, 5) is 10.8. The van der Waals surface area contributed by atoms with Gasteiger partial charge in [0.25, 0.3) is 5.69 Å². The fraction of sp³-hybridized carbons (Fsp3) is 0.0556. The van der Waals surface area contributed by atoms with Crippen molar-refractivity contribution in [2.24, 2.45) is 7.05 Å². The summed E-state index contributed by atoms with van der Waals surface area (Å²) in [6.07, 6.45) is 1.74. The lowest BCUT2D eigenvalue weighted by atomic mass is 10.0. The summed E-state index contributed by atoms with van der Waals surface area (Å²) in [6, 6.07) is 11.5. The second kappa shape index (κ2) is 6.67. The molecule has 1 heterocycles. The first kappa shape index (κ1) is 16.6. The summed E-state index contributed by atoms with van der Waals surface area (Å²) in [6.45, 7) is 0. The fourth-order valence-electron chi connectivity index (χ4n) is 2.29. The van der Waals surface area contributed by atoms with E-state index in [1.807, 2.05) is 0 Å². The van der Waals surface area contributed by atoms with E-state index in [0.29, 0.717) is 27.5 Å². The molecular weight excluding hydrogens is 340 g/mol. The van der Waals surface area contributed by atoms with Crippen LogP contribution in [0.15, 0.2) is 48.7 Å². The van der Waals surface area contributed by atoms with Gasteiger partial charge in [0, 0.05) is 41.5 Å². The van der Waals surface area contributed by atoms with Crippen molar-refractivity contribution in [1.82, 2.24) is 9.78 Å². The Morgan fingerprint density at radius 1 is 1.20 bits per heavy atom. The Hall–Kier alpha value is -3.30. The monoisotopic (exact) mass is 352 g/mol. The number of nitrogens with two attached hydrogens (primary N) is 1. The van der Waals surface area contributed by atoms with E-state index >= 15 is 0 Å². The van der Waals surface area contributed by atoms with Crippen molar-refractivity contribution >= 4 is 23.0 Å². The summed E-state index contributed by atoms with van der Waals surface area (Å²) in [5.74, 6) is 5.85. The Balaban J connectivity index is 2.11. The number of hydrogen-bond acceptors (Lipinski definition) is 4. The van der Waals surface area contributed by atoms with E-state index in [0.717, 1.165) is 5.56 Å². The summed E-state index contributed by atoms with van der Waals surface area (Å²) >= 11 is 5.85. The lowest BCUT2D eigenvalue weighted by molar-refractivity contribution is -0.384. The predicted octanol–water partition coefficient (Wildman–Crippen LogP) is 3.63. The first-order chi connectivity index (χ1) is 11.9. The van der Waals surface area contributed by atoms with E-state index in [1.165, 1.54) is 12.1 Å². The van der Waals surface area contributed by atoms with Gasteiger partial charge in [-0.15, -0.1) is 0 Å². The number of nitro groups is 1. The number of aryl methyl sites for hydroxylation is 1. The van der Waals surface area contributed by atoms with Crippen LogP contribution in [-0.4, -0.2) is 14.7 Å². The standard InChI is InChI=1S/C18H13ClN4O2/c1-22-9-8-17(21-22)16-11-15(23(24)25)10-13(18(16)20)5-2-12-3-6-14(19)7-4-12/h3-4,6-11H,20H2,1H3. The number of anilines is 1. The maximum atomic E-state index is 11.2. The Morgan fingerprint density at radius 2 is 1.92 bits per heavy atom. The van der Waals surface area contributed by atoms with E-state index in [-0.39, 0.29) is 5.69 Å². The Morgan fingerprint density at radius 3 is 2.52 bits per heavy atom. The minimum Gasteiger partial charge on any atom is -0.397 e. The zero-order chi connectivity index (χ0) is 18.0. The molecule has 0 unspecified atom stereocenters. The van der Waals surface area contributed by atoms with Gasteiger partial charge in [0.2, 0.25) is 0 Å². The van der Waals surface area contributed by atoms with E-state index in [2.05, 4.69) is 16.9 Å². The highest BCUT2D eigenvalue weighted by molar-refractivity contribution is 6.30. The van der Waals surface area contributed by atoms with Crippen LogP contribution >= 0.6 is 11.6 Å². The fourth-order valence-corrected chi connectivity index (χ4v) is 2.42. The van der Waals surface area contributed by atoms with Gasteiger partial charge in [-0.05, 0) is 30.3 Å². The number of nitrogen functional groups attached to an aromatic ring is 1. The minimum absolute atomic E-state index is 0.0877. The molecule has 2 N–H and O–H groups in total. The van der Waals surface area contributed by atoms with Crippen LogP contribution < -0.4 is 5.73 Å². The van der Waals surface area contributed by atoms with Crippen molar-refractivity contribution in [1.29, 1.82) is 0 Å². The molecule has 0 atom stereocenters. The Labute approximate surface area is 149 Å². The zero-order valence-electron chi connectivity index (χ0n) is 13.2. The van der Waals surface area contributed by atoms with Gasteiger partial charge >= 0.3 is 0 Å². The van der Waals surface area contributed by atoms with E-state index < -0.39 is 4.92 Å². The summed E-state index contributed by atoms with van der Waals surface area (Å²) < 4.78 is 1.60. The highest BCUT2D eigenvalue weighted by Crippen LogP contribution is 2.31. The summed E-state index contributed by atoms with van der Waals surface area (Å²) in [5, 5.41) is 16.1. The zero-order valence-corrected chi connectivity index (χ0v) is 14.0. The minimum atomic E-state index is -0.473. The normalized spacial score (nSPS) is 10.2. The first-order valence-corrected chi connectivity index (χ1v) is 7.67. The second-order valence-corrected chi connectivity index (χ2v) is 5.78. The predicted molar refractivity (Wildman–Crippen MR) is 97.1 cm³/mol. The lowest BCUT2D eigenvalue weighted by Crippen LogP contribution is -1.99. The van der Waals surface area contributed by atoms with Gasteiger partial charge in [0.15, 0.2) is 0 Å². The molecule has 0 aliphatic rings. The molecule has 7 heteroatoms. The maximum absolute atomic E-state index is 11.2. The molecule has 2 aromatic carbocycles. The quantitative estimate of drug-likeness (QED) is 0.330. The van der Waals surface area contributed by atoms with Crippen LogP contribution in [0.3, 0.4) is 0 Å². The molecule has 0 amide bonds. The van der Waals surface area contributed by atoms with Crippen molar-refractivity contribution in [2.75, 3.05) is 5.73 Å². The number of non-ortho nitro benzene ring substituents is 1. The second-order valence-electron chi connectivity index (χ2n) is 5.34. The number of rotatable bonds is 2. The molecule has 0 bridgehead atoms. The van der Waals surface area contributed by atoms with Gasteiger partial charge in [0.1, 0.15) is 0 Å². The molecule has 0 aliphatic heterocycles. The molecule has 3 aromatic rings. The van der Waals surface area contributed by atoms with Gasteiger partial charge < -0.3 is 5.73 Å². The van der Waals surface area contributed by atoms with Crippen molar-refractivity contribution < 1.29 is 4.92 Å². The third-order valence-electron chi connectivity index (χ3n) is 3.55. The molecule has 0 spiro atoms. The molecule has 0 saturated heterocycles. The van der Waals surface area contributed by atoms with Crippen LogP contribution in [0.4, 0.5) is 11.4 Å². The van der Waals surface area contributed by atoms with Gasteiger partial charge in [-0.2, -0.15) is 5.10 Å². The van der Waals surface area contributed by atoms with Gasteiger partial charge in [-0.1, -0.05) is 23.4 Å². The third-order valence-corrected chi connectivity index (χ3v) is 3.80. The lowest BCUT2D eigenvalue weighted by Gasteiger charge is -2.06. The number of aromatic nitrogens is 2. The number of hydrogen-bond donors (Lipinski definition) is 1. The van der Waals surface area contributed by atoms with Crippen molar-refractivity contribution in [2.45, 2.75) is 0 Å². The van der Waals surface area contributed by atoms with Crippen LogP contribution in [-0.2, 0) is 7.05 Å². The van der Waals surface area contributed by atoms with Crippen LogP contribution in [0.2, 0.25) is 5.02 Å². The molecule has 0 saturated carbocycles. The van der Waals surface area contributed by atoms with Crippen LogP contribution in [0.25, 0.3) is 11.3 Å². The van der Waals surface area contributed by atoms with E-state index in [4.69, 9.17) is 17.3 Å². The molecule has 0 aliphatic carbocycles. The summed E-state index contributed by atoms with van der Waals surface area (Å²) in [7, 11) is 1.76. The number of benzene rings is 2. The SMILES string of the molecule is Cn1ccc(-c2cc([N+](=O)[O-])cc(C#Cc3ccc(Cl)cc3)c2N)n1. The van der Waals surface area contributed by atoms with Crippen LogP contribution in [0.1, 0.15) is 11.1 Å². The highest BCUT2D eigenvalue weighted by Gasteiger charge is 2.16. The molecule has 25 heavy (non-hydrogen) atoms.